The zero-order valence-corrected chi connectivity index (χ0v) is 16.2. The van der Waals surface area contributed by atoms with Crippen LogP contribution in [0.15, 0.2) is 15.3 Å². The van der Waals surface area contributed by atoms with E-state index < -0.39 is 17.3 Å². The van der Waals surface area contributed by atoms with Crippen LogP contribution >= 0.6 is 0 Å². The van der Waals surface area contributed by atoms with Crippen molar-refractivity contribution in [1.29, 1.82) is 0 Å². The van der Waals surface area contributed by atoms with Crippen LogP contribution in [0.4, 0.5) is 0 Å². The average molecular weight is 374 g/mol. The summed E-state index contributed by atoms with van der Waals surface area (Å²) in [5, 5.41) is 21.8. The van der Waals surface area contributed by atoms with Crippen molar-refractivity contribution in [3.8, 4) is 11.5 Å². The number of phenols is 1. The molecule has 2 aromatic rings. The molecule has 0 bridgehead atoms. The van der Waals surface area contributed by atoms with Crippen LogP contribution in [-0.4, -0.2) is 27.7 Å². The molecular weight excluding hydrogens is 348 g/mol. The Morgan fingerprint density at radius 2 is 2.00 bits per heavy atom. The molecule has 6 nitrogen and oxygen atoms in total. The highest BCUT2D eigenvalue weighted by Gasteiger charge is 2.40. The van der Waals surface area contributed by atoms with Crippen LogP contribution in [0, 0.1) is 0 Å². The van der Waals surface area contributed by atoms with Crippen LogP contribution in [-0.2, 0) is 12.8 Å². The number of hydrogen-bond donors (Lipinski definition) is 2. The molecule has 0 amide bonds. The Morgan fingerprint density at radius 1 is 1.30 bits per heavy atom. The van der Waals surface area contributed by atoms with E-state index in [2.05, 4.69) is 0 Å². The van der Waals surface area contributed by atoms with E-state index in [0.717, 1.165) is 6.42 Å². The molecule has 0 aliphatic carbocycles. The molecule has 0 fully saturated rings. The first-order chi connectivity index (χ1) is 12.7. The number of fused-ring (bicyclic) bond motifs is 3. The van der Waals surface area contributed by atoms with E-state index in [1.165, 1.54) is 6.07 Å². The molecule has 0 saturated heterocycles. The molecule has 2 N–H and O–H groups in total. The quantitative estimate of drug-likeness (QED) is 0.593. The molecule has 0 saturated carbocycles. The van der Waals surface area contributed by atoms with Gasteiger partial charge in [-0.15, -0.1) is 0 Å². The lowest BCUT2D eigenvalue weighted by atomic mass is 9.92. The maximum atomic E-state index is 12.8. The highest BCUT2D eigenvalue weighted by Crippen LogP contribution is 2.47. The molecule has 3 rings (SSSR count). The zero-order chi connectivity index (χ0) is 19.9. The first kappa shape index (κ1) is 19.4. The maximum absolute atomic E-state index is 12.8. The summed E-state index contributed by atoms with van der Waals surface area (Å²) in [7, 11) is 0. The van der Waals surface area contributed by atoms with E-state index in [-0.39, 0.29) is 34.8 Å². The van der Waals surface area contributed by atoms with Crippen LogP contribution in [0.1, 0.15) is 68.4 Å². The minimum Gasteiger partial charge on any atom is -0.506 e. The van der Waals surface area contributed by atoms with Crippen molar-refractivity contribution in [2.45, 2.75) is 71.5 Å². The second-order valence-electron chi connectivity index (χ2n) is 7.71. The third-order valence-corrected chi connectivity index (χ3v) is 5.00. The number of ether oxygens (including phenoxy) is 1. The molecule has 2 heterocycles. The summed E-state index contributed by atoms with van der Waals surface area (Å²) in [4.78, 5) is 24.9. The minimum atomic E-state index is -1.16. The van der Waals surface area contributed by atoms with E-state index in [1.807, 2.05) is 13.8 Å². The van der Waals surface area contributed by atoms with Gasteiger partial charge in [0.25, 0.3) is 0 Å². The Balaban J connectivity index is 2.37. The average Bonchev–Trinajstić information content (AvgIpc) is 3.00. The van der Waals surface area contributed by atoms with Gasteiger partial charge in [-0.25, -0.2) is 4.79 Å². The van der Waals surface area contributed by atoms with Gasteiger partial charge >= 0.3 is 5.63 Å². The zero-order valence-electron chi connectivity index (χ0n) is 16.2. The third kappa shape index (κ3) is 3.34. The molecule has 6 heteroatoms. The summed E-state index contributed by atoms with van der Waals surface area (Å²) < 4.78 is 11.3. The second kappa shape index (κ2) is 7.00. The summed E-state index contributed by atoms with van der Waals surface area (Å²) in [5.74, 6) is -0.202. The third-order valence-electron chi connectivity index (χ3n) is 5.00. The number of phenolic OH excluding ortho intramolecular Hbond substituents is 1. The lowest BCUT2D eigenvalue weighted by Crippen LogP contribution is -2.39. The molecular formula is C21H26O6. The Labute approximate surface area is 157 Å². The first-order valence-electron chi connectivity index (χ1n) is 9.45. The van der Waals surface area contributed by atoms with E-state index >= 15 is 0 Å². The summed E-state index contributed by atoms with van der Waals surface area (Å²) >= 11 is 0. The van der Waals surface area contributed by atoms with E-state index in [0.29, 0.717) is 35.8 Å². The van der Waals surface area contributed by atoms with Gasteiger partial charge in [0.1, 0.15) is 28.7 Å². The molecule has 1 aromatic heterocycles. The van der Waals surface area contributed by atoms with Gasteiger partial charge in [-0.3, -0.25) is 4.79 Å². The van der Waals surface area contributed by atoms with Crippen molar-refractivity contribution in [1.82, 2.24) is 0 Å². The van der Waals surface area contributed by atoms with Crippen molar-refractivity contribution < 1.29 is 24.2 Å². The number of ketones is 1. The number of benzene rings is 1. The summed E-state index contributed by atoms with van der Waals surface area (Å²) in [6, 6.07) is 1.37. The number of aliphatic hydroxyl groups is 1. The fourth-order valence-corrected chi connectivity index (χ4v) is 3.66. The second-order valence-corrected chi connectivity index (χ2v) is 7.71. The van der Waals surface area contributed by atoms with Gasteiger partial charge in [0.2, 0.25) is 0 Å². The molecule has 0 unspecified atom stereocenters. The number of aryl methyl sites for hydroxylation is 1. The van der Waals surface area contributed by atoms with Crippen LogP contribution in [0.2, 0.25) is 0 Å². The molecule has 0 radical (unpaired) electrons. The summed E-state index contributed by atoms with van der Waals surface area (Å²) in [6.45, 7) is 7.11. The molecule has 1 aromatic carbocycles. The lowest BCUT2D eigenvalue weighted by Gasteiger charge is -2.24. The van der Waals surface area contributed by atoms with E-state index in [4.69, 9.17) is 9.15 Å². The van der Waals surface area contributed by atoms with Gasteiger partial charge in [-0.2, -0.15) is 0 Å². The number of carbonyl (C=O) groups is 1. The molecule has 146 valence electrons. The minimum absolute atomic E-state index is 0.123. The van der Waals surface area contributed by atoms with Gasteiger partial charge in [-0.05, 0) is 32.3 Å². The Hall–Kier alpha value is -2.34. The molecule has 1 aliphatic heterocycles. The number of hydrogen-bond acceptors (Lipinski definition) is 6. The van der Waals surface area contributed by atoms with Gasteiger partial charge in [-0.1, -0.05) is 20.3 Å². The number of aromatic hydroxyl groups is 1. The Bertz CT molecular complexity index is 948. The van der Waals surface area contributed by atoms with E-state index in [9.17, 15) is 19.8 Å². The Morgan fingerprint density at radius 3 is 2.59 bits per heavy atom. The monoisotopic (exact) mass is 374 g/mol. The summed E-state index contributed by atoms with van der Waals surface area (Å²) in [6.07, 6.45) is 1.93. The standard InChI is InChI=1S/C21H26O6/c1-5-7-11-9-15(23)27-19-12-10-14(21(3,4)25)26-20(12)17(13(22)8-6-2)18(24)16(11)19/h9,14,24-25H,5-8,10H2,1-4H3/t14-/m0/s1. The van der Waals surface area contributed by atoms with E-state index in [1.54, 1.807) is 13.8 Å². The fraction of sp³-hybridized carbons (Fsp3) is 0.524. The molecule has 1 aliphatic rings. The van der Waals surface area contributed by atoms with Crippen LogP contribution < -0.4 is 10.4 Å². The highest BCUT2D eigenvalue weighted by molar-refractivity contribution is 6.08. The molecule has 27 heavy (non-hydrogen) atoms. The SMILES string of the molecule is CCCC(=O)c1c2c(c3oc(=O)cc(CCC)c3c1O)C[C@@H](C(C)(C)O)O2. The number of Topliss-reactive ketones (excluding diaryl/α,β-unsaturated/α-hetero) is 1. The van der Waals surface area contributed by atoms with Crippen molar-refractivity contribution in [3.63, 3.8) is 0 Å². The van der Waals surface area contributed by atoms with Gasteiger partial charge in [0, 0.05) is 24.5 Å². The van der Waals surface area contributed by atoms with Crippen molar-refractivity contribution in [3.05, 3.63) is 33.2 Å². The largest absolute Gasteiger partial charge is 0.506 e. The topological polar surface area (TPSA) is 97.0 Å². The molecule has 0 spiro atoms. The Kier molecular flexibility index (Phi) is 5.04. The van der Waals surface area contributed by atoms with Crippen molar-refractivity contribution >= 4 is 16.8 Å². The van der Waals surface area contributed by atoms with Crippen LogP contribution in [0.25, 0.3) is 11.0 Å². The van der Waals surface area contributed by atoms with Gasteiger partial charge < -0.3 is 19.4 Å². The lowest BCUT2D eigenvalue weighted by molar-refractivity contribution is -0.0232. The highest BCUT2D eigenvalue weighted by atomic mass is 16.5. The fourth-order valence-electron chi connectivity index (χ4n) is 3.66. The predicted octanol–water partition coefficient (Wildman–Crippen LogP) is 3.51. The smallest absolute Gasteiger partial charge is 0.336 e. The van der Waals surface area contributed by atoms with Crippen molar-refractivity contribution in [2.24, 2.45) is 0 Å². The molecule has 1 atom stereocenters. The van der Waals surface area contributed by atoms with Crippen LogP contribution in [0.3, 0.4) is 0 Å². The number of rotatable bonds is 6. The normalized spacial score (nSPS) is 16.4. The van der Waals surface area contributed by atoms with Gasteiger partial charge in [0.15, 0.2) is 5.78 Å². The maximum Gasteiger partial charge on any atom is 0.336 e. The van der Waals surface area contributed by atoms with Gasteiger partial charge in [0.05, 0.1) is 11.0 Å². The first-order valence-corrected chi connectivity index (χ1v) is 9.45. The van der Waals surface area contributed by atoms with Crippen LogP contribution in [0.5, 0.6) is 11.5 Å². The predicted molar refractivity (Wildman–Crippen MR) is 102 cm³/mol. The number of carbonyl (C=O) groups excluding carboxylic acids is 1. The van der Waals surface area contributed by atoms with Crippen molar-refractivity contribution in [2.75, 3.05) is 0 Å². The summed E-state index contributed by atoms with van der Waals surface area (Å²) in [5.41, 5.74) is -0.0823.